The van der Waals surface area contributed by atoms with E-state index in [1.165, 1.54) is 30.5 Å². The molecule has 126 valence electrons. The van der Waals surface area contributed by atoms with Crippen molar-refractivity contribution >= 4 is 33.0 Å². The summed E-state index contributed by atoms with van der Waals surface area (Å²) in [6.07, 6.45) is 1.35. The Kier molecular flexibility index (Phi) is 4.37. The van der Waals surface area contributed by atoms with E-state index < -0.39 is 16.0 Å². The highest BCUT2D eigenvalue weighted by atomic mass is 32.2. The summed E-state index contributed by atoms with van der Waals surface area (Å²) in [5.74, 6) is -1.11. The normalized spacial score (nSPS) is 11.9. The lowest BCUT2D eigenvalue weighted by Crippen LogP contribution is -2.01. The molecular formula is C19H15NO4S. The fourth-order valence-corrected chi connectivity index (χ4v) is 3.37. The molecule has 0 unspecified atom stereocenters. The van der Waals surface area contributed by atoms with Crippen LogP contribution in [0, 0.1) is 6.92 Å². The van der Waals surface area contributed by atoms with Gasteiger partial charge in [-0.25, -0.2) is 4.79 Å². The van der Waals surface area contributed by atoms with Crippen molar-refractivity contribution in [3.05, 3.63) is 77.4 Å². The van der Waals surface area contributed by atoms with Gasteiger partial charge in [-0.3, -0.25) is 0 Å². The van der Waals surface area contributed by atoms with Crippen molar-refractivity contribution in [3.8, 4) is 0 Å². The van der Waals surface area contributed by atoms with Crippen LogP contribution in [0.5, 0.6) is 0 Å². The van der Waals surface area contributed by atoms with E-state index in [9.17, 15) is 13.2 Å². The molecule has 0 aliphatic carbocycles. The van der Waals surface area contributed by atoms with Crippen molar-refractivity contribution < 1.29 is 18.3 Å². The van der Waals surface area contributed by atoms with Crippen molar-refractivity contribution in [2.45, 2.75) is 11.8 Å². The van der Waals surface area contributed by atoms with Crippen molar-refractivity contribution in [2.75, 3.05) is 0 Å². The molecule has 0 aromatic heterocycles. The van der Waals surface area contributed by atoms with Gasteiger partial charge in [0.1, 0.15) is 0 Å². The Bertz CT molecular complexity index is 1080. The van der Waals surface area contributed by atoms with Crippen molar-refractivity contribution in [1.82, 2.24) is 0 Å². The zero-order valence-corrected chi connectivity index (χ0v) is 14.2. The molecule has 0 saturated heterocycles. The predicted molar refractivity (Wildman–Crippen MR) is 96.9 cm³/mol. The molecule has 0 aliphatic heterocycles. The van der Waals surface area contributed by atoms with E-state index in [0.717, 1.165) is 21.9 Å². The molecule has 0 amide bonds. The minimum atomic E-state index is -3.91. The van der Waals surface area contributed by atoms with Gasteiger partial charge in [-0.05, 0) is 47.5 Å². The second-order valence-corrected chi connectivity index (χ2v) is 7.19. The van der Waals surface area contributed by atoms with Gasteiger partial charge < -0.3 is 5.11 Å². The molecule has 0 bridgehead atoms. The zero-order chi connectivity index (χ0) is 18.0. The quantitative estimate of drug-likeness (QED) is 0.726. The van der Waals surface area contributed by atoms with E-state index in [2.05, 4.69) is 4.40 Å². The molecule has 3 aromatic rings. The maximum atomic E-state index is 12.4. The Labute approximate surface area is 145 Å². The molecule has 1 N–H and O–H groups in total. The number of carboxylic acids is 1. The Balaban J connectivity index is 2.01. The third kappa shape index (κ3) is 3.44. The van der Waals surface area contributed by atoms with Crippen LogP contribution in [-0.2, 0) is 10.0 Å². The first-order valence-electron chi connectivity index (χ1n) is 7.50. The highest BCUT2D eigenvalue weighted by Crippen LogP contribution is 2.21. The van der Waals surface area contributed by atoms with E-state index >= 15 is 0 Å². The second-order valence-electron chi connectivity index (χ2n) is 5.56. The van der Waals surface area contributed by atoms with Gasteiger partial charge in [0.15, 0.2) is 0 Å². The molecule has 25 heavy (non-hydrogen) atoms. The number of nitrogens with zero attached hydrogens (tertiary/aromatic N) is 1. The summed E-state index contributed by atoms with van der Waals surface area (Å²) in [5.41, 5.74) is 1.68. The summed E-state index contributed by atoms with van der Waals surface area (Å²) < 4.78 is 28.6. The number of aryl methyl sites for hydroxylation is 1. The molecule has 5 nitrogen and oxygen atoms in total. The SMILES string of the molecule is Cc1ccc2ccccc2c1C=NS(=O)(=O)c1ccc(C(=O)O)cc1. The minimum absolute atomic E-state index is 0.0211. The lowest BCUT2D eigenvalue weighted by molar-refractivity contribution is 0.0696. The summed E-state index contributed by atoms with van der Waals surface area (Å²) in [5, 5.41) is 10.8. The summed E-state index contributed by atoms with van der Waals surface area (Å²) in [6.45, 7) is 1.89. The summed E-state index contributed by atoms with van der Waals surface area (Å²) >= 11 is 0. The largest absolute Gasteiger partial charge is 0.478 e. The molecule has 0 saturated carbocycles. The van der Waals surface area contributed by atoms with Crippen molar-refractivity contribution in [2.24, 2.45) is 4.40 Å². The Morgan fingerprint density at radius 2 is 1.68 bits per heavy atom. The highest BCUT2D eigenvalue weighted by Gasteiger charge is 2.13. The molecule has 6 heteroatoms. The second kappa shape index (κ2) is 6.49. The molecule has 0 atom stereocenters. The number of hydrogen-bond acceptors (Lipinski definition) is 3. The first-order chi connectivity index (χ1) is 11.9. The van der Waals surface area contributed by atoms with Gasteiger partial charge in [0.2, 0.25) is 0 Å². The zero-order valence-electron chi connectivity index (χ0n) is 13.4. The lowest BCUT2D eigenvalue weighted by atomic mass is 10.0. The van der Waals surface area contributed by atoms with Crippen LogP contribution < -0.4 is 0 Å². The minimum Gasteiger partial charge on any atom is -0.478 e. The average molecular weight is 353 g/mol. The van der Waals surface area contributed by atoms with Crippen LogP contribution in [0.2, 0.25) is 0 Å². The van der Waals surface area contributed by atoms with Gasteiger partial charge in [-0.2, -0.15) is 12.8 Å². The number of sulfonamides is 1. The fraction of sp³-hybridized carbons (Fsp3) is 0.0526. The van der Waals surface area contributed by atoms with E-state index in [-0.39, 0.29) is 10.5 Å². The van der Waals surface area contributed by atoms with E-state index in [0.29, 0.717) is 0 Å². The van der Waals surface area contributed by atoms with Crippen molar-refractivity contribution in [1.29, 1.82) is 0 Å². The summed E-state index contributed by atoms with van der Waals surface area (Å²) in [7, 11) is -3.91. The standard InChI is InChI=1S/C19H15NO4S/c1-13-6-7-14-4-2-3-5-17(14)18(13)12-20-25(23,24)16-10-8-15(9-11-16)19(21)22/h2-12H,1H3,(H,21,22). The maximum Gasteiger partial charge on any atom is 0.335 e. The molecule has 3 rings (SSSR count). The van der Waals surface area contributed by atoms with Gasteiger partial charge >= 0.3 is 5.97 Å². The molecular weight excluding hydrogens is 338 g/mol. The van der Waals surface area contributed by atoms with E-state index in [1.807, 2.05) is 43.3 Å². The number of carboxylic acid groups (broad SMARTS) is 1. The molecule has 0 spiro atoms. The van der Waals surface area contributed by atoms with Crippen molar-refractivity contribution in [3.63, 3.8) is 0 Å². The lowest BCUT2D eigenvalue weighted by Gasteiger charge is -2.06. The molecule has 0 fully saturated rings. The number of carbonyl (C=O) groups is 1. The van der Waals surface area contributed by atoms with Crippen LogP contribution in [0.4, 0.5) is 0 Å². The van der Waals surface area contributed by atoms with Gasteiger partial charge in [0, 0.05) is 11.8 Å². The smallest absolute Gasteiger partial charge is 0.335 e. The Morgan fingerprint density at radius 3 is 2.36 bits per heavy atom. The molecule has 0 heterocycles. The number of benzene rings is 3. The predicted octanol–water partition coefficient (Wildman–Crippen LogP) is 3.65. The topological polar surface area (TPSA) is 83.8 Å². The van der Waals surface area contributed by atoms with Crippen LogP contribution >= 0.6 is 0 Å². The highest BCUT2D eigenvalue weighted by molar-refractivity contribution is 7.90. The number of aromatic carboxylic acids is 1. The first kappa shape index (κ1) is 16.9. The molecule has 0 radical (unpaired) electrons. The summed E-state index contributed by atoms with van der Waals surface area (Å²) in [6, 6.07) is 16.5. The third-order valence-electron chi connectivity index (χ3n) is 3.91. The van der Waals surface area contributed by atoms with Crippen LogP contribution in [0.15, 0.2) is 70.0 Å². The number of hydrogen-bond donors (Lipinski definition) is 1. The third-order valence-corrected chi connectivity index (χ3v) is 5.16. The van der Waals surface area contributed by atoms with Gasteiger partial charge in [-0.15, -0.1) is 0 Å². The van der Waals surface area contributed by atoms with E-state index in [4.69, 9.17) is 5.11 Å². The van der Waals surface area contributed by atoms with Crippen LogP contribution in [0.25, 0.3) is 10.8 Å². The first-order valence-corrected chi connectivity index (χ1v) is 8.94. The van der Waals surface area contributed by atoms with Gasteiger partial charge in [0.25, 0.3) is 10.0 Å². The maximum absolute atomic E-state index is 12.4. The monoisotopic (exact) mass is 353 g/mol. The van der Waals surface area contributed by atoms with Crippen LogP contribution in [0.3, 0.4) is 0 Å². The van der Waals surface area contributed by atoms with Gasteiger partial charge in [0.05, 0.1) is 10.5 Å². The average Bonchev–Trinajstić information content (AvgIpc) is 2.61. The molecule has 0 aliphatic rings. The summed E-state index contributed by atoms with van der Waals surface area (Å²) in [4.78, 5) is 10.8. The van der Waals surface area contributed by atoms with Crippen LogP contribution in [0.1, 0.15) is 21.5 Å². The number of rotatable bonds is 4. The molecule has 3 aromatic carbocycles. The Morgan fingerprint density at radius 1 is 1.00 bits per heavy atom. The Hall–Kier alpha value is -2.99. The number of fused-ring (bicyclic) bond motifs is 1. The fourth-order valence-electron chi connectivity index (χ4n) is 2.53. The van der Waals surface area contributed by atoms with Crippen LogP contribution in [-0.4, -0.2) is 25.7 Å². The van der Waals surface area contributed by atoms with Gasteiger partial charge in [-0.1, -0.05) is 36.4 Å². The van der Waals surface area contributed by atoms with E-state index in [1.54, 1.807) is 0 Å².